The molecule has 0 radical (unpaired) electrons. The number of carbonyl (C=O) groups excluding carboxylic acids is 1. The van der Waals surface area contributed by atoms with Gasteiger partial charge in [-0.1, -0.05) is 6.58 Å². The van der Waals surface area contributed by atoms with Crippen LogP contribution in [0.3, 0.4) is 0 Å². The first kappa shape index (κ1) is 11.0. The minimum absolute atomic E-state index is 0.0245. The predicted molar refractivity (Wildman–Crippen MR) is 36.4 cm³/mol. The largest absolute Gasteiger partial charge is 0.460 e. The van der Waals surface area contributed by atoms with Crippen molar-refractivity contribution < 1.29 is 22.7 Å². The van der Waals surface area contributed by atoms with Crippen molar-refractivity contribution in [2.75, 3.05) is 6.61 Å². The second-order valence-corrected chi connectivity index (χ2v) is 2.07. The van der Waals surface area contributed by atoms with Crippen molar-refractivity contribution in [1.29, 1.82) is 0 Å². The SMILES string of the molecule is C=C(F)C(=O)OCCCC(F)F. The van der Waals surface area contributed by atoms with E-state index in [2.05, 4.69) is 11.3 Å². The number of ether oxygens (including phenoxy) is 1. The minimum Gasteiger partial charge on any atom is -0.460 e. The monoisotopic (exact) mass is 182 g/mol. The van der Waals surface area contributed by atoms with Gasteiger partial charge in [0.25, 0.3) is 0 Å². The molecule has 0 saturated carbocycles. The van der Waals surface area contributed by atoms with Crippen molar-refractivity contribution in [3.05, 3.63) is 12.4 Å². The smallest absolute Gasteiger partial charge is 0.366 e. The van der Waals surface area contributed by atoms with E-state index in [9.17, 15) is 18.0 Å². The molecule has 0 heterocycles. The molecule has 0 atom stereocenters. The summed E-state index contributed by atoms with van der Waals surface area (Å²) in [6.45, 7) is 2.48. The average Bonchev–Trinajstić information content (AvgIpc) is 1.97. The van der Waals surface area contributed by atoms with Crippen molar-refractivity contribution in [2.45, 2.75) is 19.3 Å². The Morgan fingerprint density at radius 3 is 2.50 bits per heavy atom. The lowest BCUT2D eigenvalue weighted by molar-refractivity contribution is -0.141. The molecular formula is C7H9F3O2. The zero-order chi connectivity index (χ0) is 9.56. The van der Waals surface area contributed by atoms with E-state index >= 15 is 0 Å². The topological polar surface area (TPSA) is 26.3 Å². The molecule has 0 aromatic carbocycles. The van der Waals surface area contributed by atoms with Gasteiger partial charge in [-0.3, -0.25) is 0 Å². The molecule has 0 aliphatic rings. The summed E-state index contributed by atoms with van der Waals surface area (Å²) in [7, 11) is 0. The van der Waals surface area contributed by atoms with Gasteiger partial charge in [-0.15, -0.1) is 0 Å². The fraction of sp³-hybridized carbons (Fsp3) is 0.571. The normalized spacial score (nSPS) is 10.0. The Balaban J connectivity index is 3.32. The highest BCUT2D eigenvalue weighted by Crippen LogP contribution is 2.03. The fourth-order valence-corrected chi connectivity index (χ4v) is 0.481. The average molecular weight is 182 g/mol. The van der Waals surface area contributed by atoms with Crippen LogP contribution in [0.4, 0.5) is 13.2 Å². The van der Waals surface area contributed by atoms with E-state index in [1.807, 2.05) is 0 Å². The van der Waals surface area contributed by atoms with Crippen molar-refractivity contribution in [1.82, 2.24) is 0 Å². The van der Waals surface area contributed by atoms with Crippen LogP contribution in [-0.2, 0) is 9.53 Å². The predicted octanol–water partition coefficient (Wildman–Crippen LogP) is 2.06. The Kier molecular flexibility index (Phi) is 5.16. The zero-order valence-electron chi connectivity index (χ0n) is 6.36. The number of alkyl halides is 2. The van der Waals surface area contributed by atoms with Gasteiger partial charge in [0.05, 0.1) is 6.61 Å². The lowest BCUT2D eigenvalue weighted by atomic mass is 10.3. The molecular weight excluding hydrogens is 173 g/mol. The van der Waals surface area contributed by atoms with E-state index in [1.54, 1.807) is 0 Å². The van der Waals surface area contributed by atoms with Crippen molar-refractivity contribution in [3.63, 3.8) is 0 Å². The van der Waals surface area contributed by atoms with Crippen LogP contribution in [0.2, 0.25) is 0 Å². The third-order valence-corrected chi connectivity index (χ3v) is 1.02. The van der Waals surface area contributed by atoms with Gasteiger partial charge in [0.15, 0.2) is 0 Å². The van der Waals surface area contributed by atoms with Gasteiger partial charge in [0.1, 0.15) is 0 Å². The molecule has 0 bridgehead atoms. The maximum absolute atomic E-state index is 11.9. The van der Waals surface area contributed by atoms with Crippen LogP contribution in [0.15, 0.2) is 12.4 Å². The third kappa shape index (κ3) is 5.76. The van der Waals surface area contributed by atoms with E-state index in [1.165, 1.54) is 0 Å². The van der Waals surface area contributed by atoms with E-state index in [0.29, 0.717) is 0 Å². The lowest BCUT2D eigenvalue weighted by Crippen LogP contribution is -2.06. The van der Waals surface area contributed by atoms with Crippen LogP contribution in [0.1, 0.15) is 12.8 Å². The molecule has 0 rings (SSSR count). The molecule has 0 spiro atoms. The van der Waals surface area contributed by atoms with Gasteiger partial charge >= 0.3 is 5.97 Å². The molecule has 0 N–H and O–H groups in total. The van der Waals surface area contributed by atoms with Gasteiger partial charge in [-0.25, -0.2) is 13.6 Å². The second-order valence-electron chi connectivity index (χ2n) is 2.07. The standard InChI is InChI=1S/C7H9F3O2/c1-5(8)7(11)12-4-2-3-6(9)10/h6H,1-4H2. The number of hydrogen-bond acceptors (Lipinski definition) is 2. The van der Waals surface area contributed by atoms with Crippen molar-refractivity contribution in [3.8, 4) is 0 Å². The molecule has 70 valence electrons. The third-order valence-electron chi connectivity index (χ3n) is 1.02. The first-order valence-corrected chi connectivity index (χ1v) is 3.33. The lowest BCUT2D eigenvalue weighted by Gasteiger charge is -2.01. The Hall–Kier alpha value is -1.00. The molecule has 0 aliphatic heterocycles. The molecule has 0 aromatic rings. The molecule has 0 aliphatic carbocycles. The fourth-order valence-electron chi connectivity index (χ4n) is 0.481. The van der Waals surface area contributed by atoms with Crippen molar-refractivity contribution in [2.24, 2.45) is 0 Å². The number of carbonyl (C=O) groups is 1. The highest BCUT2D eigenvalue weighted by atomic mass is 19.3. The minimum atomic E-state index is -2.42. The molecule has 5 heteroatoms. The molecule has 0 unspecified atom stereocenters. The summed E-state index contributed by atoms with van der Waals surface area (Å²) >= 11 is 0. The van der Waals surface area contributed by atoms with E-state index in [-0.39, 0.29) is 19.4 Å². The first-order chi connectivity index (χ1) is 5.54. The Morgan fingerprint density at radius 2 is 2.08 bits per heavy atom. The quantitative estimate of drug-likeness (QED) is 0.369. The van der Waals surface area contributed by atoms with E-state index in [0.717, 1.165) is 0 Å². The van der Waals surface area contributed by atoms with Gasteiger partial charge in [0.2, 0.25) is 12.3 Å². The Bertz CT molecular complexity index is 168. The van der Waals surface area contributed by atoms with Crippen LogP contribution in [0, 0.1) is 0 Å². The van der Waals surface area contributed by atoms with Crippen LogP contribution in [0.5, 0.6) is 0 Å². The number of rotatable bonds is 5. The van der Waals surface area contributed by atoms with Crippen molar-refractivity contribution >= 4 is 5.97 Å². The van der Waals surface area contributed by atoms with Crippen LogP contribution in [0.25, 0.3) is 0 Å². The number of halogens is 3. The summed E-state index contributed by atoms with van der Waals surface area (Å²) in [4.78, 5) is 10.3. The molecule has 0 amide bonds. The van der Waals surface area contributed by atoms with Gasteiger partial charge in [0, 0.05) is 6.42 Å². The Labute approximate surface area is 68.0 Å². The highest BCUT2D eigenvalue weighted by molar-refractivity contribution is 5.85. The van der Waals surface area contributed by atoms with E-state index in [4.69, 9.17) is 0 Å². The summed E-state index contributed by atoms with van der Waals surface area (Å²) in [6.07, 6.45) is -2.75. The van der Waals surface area contributed by atoms with E-state index < -0.39 is 18.2 Å². The number of hydrogen-bond donors (Lipinski definition) is 0. The first-order valence-electron chi connectivity index (χ1n) is 3.33. The molecule has 12 heavy (non-hydrogen) atoms. The van der Waals surface area contributed by atoms with Crippen LogP contribution in [-0.4, -0.2) is 19.0 Å². The molecule has 0 aromatic heterocycles. The van der Waals surface area contributed by atoms with Gasteiger partial charge in [-0.2, -0.15) is 4.39 Å². The van der Waals surface area contributed by atoms with Crippen LogP contribution < -0.4 is 0 Å². The Morgan fingerprint density at radius 1 is 1.50 bits per heavy atom. The molecule has 0 fully saturated rings. The summed E-state index contributed by atoms with van der Waals surface area (Å²) in [6, 6.07) is 0. The highest BCUT2D eigenvalue weighted by Gasteiger charge is 2.07. The zero-order valence-corrected chi connectivity index (χ0v) is 6.36. The number of esters is 1. The summed E-state index contributed by atoms with van der Waals surface area (Å²) in [5.41, 5.74) is 0. The summed E-state index contributed by atoms with van der Waals surface area (Å²) in [5, 5.41) is 0. The molecule has 2 nitrogen and oxygen atoms in total. The maximum Gasteiger partial charge on any atom is 0.366 e. The summed E-state index contributed by atoms with van der Waals surface area (Å²) < 4.78 is 39.0. The van der Waals surface area contributed by atoms with Gasteiger partial charge in [-0.05, 0) is 6.42 Å². The second kappa shape index (κ2) is 5.62. The molecule has 0 saturated heterocycles. The summed E-state index contributed by atoms with van der Waals surface area (Å²) in [5.74, 6) is -2.41. The van der Waals surface area contributed by atoms with Crippen LogP contribution >= 0.6 is 0 Å². The van der Waals surface area contributed by atoms with Gasteiger partial charge < -0.3 is 4.74 Å². The maximum atomic E-state index is 11.9.